The van der Waals surface area contributed by atoms with Crippen molar-refractivity contribution in [1.29, 1.82) is 0 Å². The highest BCUT2D eigenvalue weighted by Gasteiger charge is 2.62. The van der Waals surface area contributed by atoms with Gasteiger partial charge in [0.15, 0.2) is 0 Å². The second-order valence-electron chi connectivity index (χ2n) is 8.10. The number of nitrogens with two attached hydrogens (primary N) is 1. The number of rotatable bonds is 6. The number of ether oxygens (including phenoxy) is 3. The van der Waals surface area contributed by atoms with Crippen LogP contribution >= 0.6 is 0 Å². The van der Waals surface area contributed by atoms with E-state index in [2.05, 4.69) is 0 Å². The van der Waals surface area contributed by atoms with E-state index in [1.165, 1.54) is 9.47 Å². The first-order chi connectivity index (χ1) is 16.7. The minimum absolute atomic E-state index is 0.00795. The largest absolute Gasteiger partial charge is 0.465 e. The summed E-state index contributed by atoms with van der Waals surface area (Å²) in [7, 11) is 0. The Morgan fingerprint density at radius 2 is 1.77 bits per heavy atom. The molecule has 1 unspecified atom stereocenters. The van der Waals surface area contributed by atoms with E-state index in [0.717, 1.165) is 0 Å². The molecule has 1 atom stereocenters. The third-order valence-corrected chi connectivity index (χ3v) is 6.24. The van der Waals surface area contributed by atoms with Crippen LogP contribution < -0.4 is 20.9 Å². The van der Waals surface area contributed by atoms with Crippen molar-refractivity contribution in [3.8, 4) is 5.75 Å². The average molecular weight is 482 g/mol. The summed E-state index contributed by atoms with van der Waals surface area (Å²) in [6.45, 7) is 6.86. The van der Waals surface area contributed by atoms with Crippen LogP contribution in [-0.4, -0.2) is 42.2 Å². The topological polar surface area (TPSA) is 130 Å². The van der Waals surface area contributed by atoms with Gasteiger partial charge in [-0.2, -0.15) is 0 Å². The second kappa shape index (κ2) is 8.94. The van der Waals surface area contributed by atoms with Crippen LogP contribution in [0.2, 0.25) is 0 Å². The predicted octanol–water partition coefficient (Wildman–Crippen LogP) is 1.50. The SMILES string of the molecule is CCOC(=O)CN1C(=O)C2(C(C(=O)OCC)=C(N)Oc3cc(C)n(CC)c(=O)c32)c2ccccc21. The molecule has 0 saturated carbocycles. The van der Waals surface area contributed by atoms with E-state index in [9.17, 15) is 19.2 Å². The Labute approximate surface area is 201 Å². The molecule has 0 saturated heterocycles. The van der Waals surface area contributed by atoms with Gasteiger partial charge >= 0.3 is 11.9 Å². The maximum absolute atomic E-state index is 14.4. The molecule has 2 aliphatic heterocycles. The van der Waals surface area contributed by atoms with Crippen LogP contribution in [0.25, 0.3) is 0 Å². The van der Waals surface area contributed by atoms with E-state index >= 15 is 0 Å². The van der Waals surface area contributed by atoms with Crippen LogP contribution in [0.1, 0.15) is 37.6 Å². The fraction of sp³-hybridized carbons (Fsp3) is 0.360. The molecule has 184 valence electrons. The number of aryl methyl sites for hydroxylation is 1. The molecule has 0 fully saturated rings. The summed E-state index contributed by atoms with van der Waals surface area (Å²) in [6.07, 6.45) is 0. The van der Waals surface area contributed by atoms with Crippen LogP contribution in [0.15, 0.2) is 46.6 Å². The lowest BCUT2D eigenvalue weighted by atomic mass is 9.68. The van der Waals surface area contributed by atoms with E-state index < -0.39 is 35.4 Å². The Hall–Kier alpha value is -4.08. The van der Waals surface area contributed by atoms with Crippen LogP contribution in [-0.2, 0) is 35.8 Å². The summed E-state index contributed by atoms with van der Waals surface area (Å²) < 4.78 is 17.6. The number of anilines is 1. The summed E-state index contributed by atoms with van der Waals surface area (Å²) in [5.41, 5.74) is 4.72. The average Bonchev–Trinajstić information content (AvgIpc) is 3.03. The van der Waals surface area contributed by atoms with E-state index in [0.29, 0.717) is 23.5 Å². The molecule has 1 aromatic carbocycles. The first-order valence-corrected chi connectivity index (χ1v) is 11.4. The number of amides is 1. The molecule has 10 heteroatoms. The second-order valence-corrected chi connectivity index (χ2v) is 8.10. The number of hydrogen-bond acceptors (Lipinski definition) is 8. The lowest BCUT2D eigenvalue weighted by Crippen LogP contribution is -2.52. The first kappa shape index (κ1) is 24.1. The molecule has 2 N–H and O–H groups in total. The van der Waals surface area contributed by atoms with Gasteiger partial charge in [-0.3, -0.25) is 19.3 Å². The Morgan fingerprint density at radius 1 is 1.09 bits per heavy atom. The number of carbonyl (C=O) groups excluding carboxylic acids is 3. The molecule has 10 nitrogen and oxygen atoms in total. The lowest BCUT2D eigenvalue weighted by molar-refractivity contribution is -0.142. The van der Waals surface area contributed by atoms with Gasteiger partial charge in [0.1, 0.15) is 23.3 Å². The zero-order valence-electron chi connectivity index (χ0n) is 20.0. The van der Waals surface area contributed by atoms with Crippen LogP contribution in [0.3, 0.4) is 0 Å². The molecule has 0 bridgehead atoms. The fourth-order valence-corrected chi connectivity index (χ4v) is 4.92. The summed E-state index contributed by atoms with van der Waals surface area (Å²) in [6, 6.07) is 8.26. The number of nitrogens with zero attached hydrogens (tertiary/aromatic N) is 2. The third kappa shape index (κ3) is 3.39. The van der Waals surface area contributed by atoms with Crippen molar-refractivity contribution in [3.63, 3.8) is 0 Å². The molecule has 0 radical (unpaired) electrons. The number of fused-ring (bicyclic) bond motifs is 4. The Bertz CT molecular complexity index is 1330. The normalized spacial score (nSPS) is 18.3. The van der Waals surface area contributed by atoms with E-state index in [1.807, 2.05) is 0 Å². The molecule has 1 spiro atoms. The van der Waals surface area contributed by atoms with Gasteiger partial charge in [0, 0.05) is 29.6 Å². The highest BCUT2D eigenvalue weighted by Crippen LogP contribution is 2.54. The van der Waals surface area contributed by atoms with Crippen molar-refractivity contribution in [2.75, 3.05) is 24.7 Å². The van der Waals surface area contributed by atoms with Crippen molar-refractivity contribution in [2.45, 2.75) is 39.7 Å². The number of aromatic nitrogens is 1. The number of para-hydroxylation sites is 1. The molecule has 4 rings (SSSR count). The van der Waals surface area contributed by atoms with Gasteiger partial charge in [0.2, 0.25) is 11.8 Å². The molecular weight excluding hydrogens is 454 g/mol. The minimum Gasteiger partial charge on any atom is -0.465 e. The maximum atomic E-state index is 14.4. The highest BCUT2D eigenvalue weighted by atomic mass is 16.5. The van der Waals surface area contributed by atoms with Gasteiger partial charge in [0.05, 0.1) is 18.8 Å². The molecule has 0 aliphatic carbocycles. The van der Waals surface area contributed by atoms with E-state index in [1.54, 1.807) is 58.0 Å². The zero-order valence-corrected chi connectivity index (χ0v) is 20.0. The Balaban J connectivity index is 2.12. The van der Waals surface area contributed by atoms with Crippen molar-refractivity contribution in [3.05, 3.63) is 69.0 Å². The number of pyridine rings is 1. The van der Waals surface area contributed by atoms with Crippen molar-refractivity contribution in [2.24, 2.45) is 5.73 Å². The fourth-order valence-electron chi connectivity index (χ4n) is 4.92. The van der Waals surface area contributed by atoms with Gasteiger partial charge in [-0.1, -0.05) is 18.2 Å². The van der Waals surface area contributed by atoms with Crippen molar-refractivity contribution < 1.29 is 28.6 Å². The quantitative estimate of drug-likeness (QED) is 0.615. The number of hydrogen-bond donors (Lipinski definition) is 1. The molecule has 3 heterocycles. The summed E-state index contributed by atoms with van der Waals surface area (Å²) in [4.78, 5) is 55.1. The third-order valence-electron chi connectivity index (χ3n) is 6.24. The van der Waals surface area contributed by atoms with E-state index in [4.69, 9.17) is 19.9 Å². The number of benzene rings is 1. The van der Waals surface area contributed by atoms with Crippen LogP contribution in [0, 0.1) is 6.92 Å². The Morgan fingerprint density at radius 3 is 2.43 bits per heavy atom. The molecule has 1 amide bonds. The predicted molar refractivity (Wildman–Crippen MR) is 126 cm³/mol. The van der Waals surface area contributed by atoms with Crippen molar-refractivity contribution in [1.82, 2.24) is 4.57 Å². The molecule has 1 aromatic heterocycles. The molecule has 2 aliphatic rings. The van der Waals surface area contributed by atoms with Crippen LogP contribution in [0.4, 0.5) is 5.69 Å². The summed E-state index contributed by atoms with van der Waals surface area (Å²) in [5, 5.41) is 0. The van der Waals surface area contributed by atoms with Crippen molar-refractivity contribution >= 4 is 23.5 Å². The summed E-state index contributed by atoms with van der Waals surface area (Å²) >= 11 is 0. The maximum Gasteiger partial charge on any atom is 0.341 e. The molecular formula is C25H27N3O7. The van der Waals surface area contributed by atoms with Gasteiger partial charge in [-0.15, -0.1) is 0 Å². The van der Waals surface area contributed by atoms with Gasteiger partial charge in [-0.05, 0) is 33.8 Å². The van der Waals surface area contributed by atoms with Gasteiger partial charge in [0.25, 0.3) is 5.56 Å². The standard InChI is InChI=1S/C25H27N3O7/c1-5-27-14(4)12-17-19(22(27)30)25(20(21(26)35-17)23(31)34-7-3)15-10-8-9-11-16(15)28(24(25)32)13-18(29)33-6-2/h8-12H,5-7,13,26H2,1-4H3. The summed E-state index contributed by atoms with van der Waals surface area (Å²) in [5.74, 6) is -2.48. The lowest BCUT2D eigenvalue weighted by Gasteiger charge is -2.36. The molecule has 35 heavy (non-hydrogen) atoms. The molecule has 2 aromatic rings. The highest BCUT2D eigenvalue weighted by molar-refractivity contribution is 6.19. The van der Waals surface area contributed by atoms with Gasteiger partial charge < -0.3 is 24.5 Å². The number of carbonyl (C=O) groups is 3. The number of esters is 2. The van der Waals surface area contributed by atoms with E-state index in [-0.39, 0.29) is 36.0 Å². The smallest absolute Gasteiger partial charge is 0.341 e. The monoisotopic (exact) mass is 481 g/mol. The first-order valence-electron chi connectivity index (χ1n) is 11.4. The zero-order chi connectivity index (χ0) is 25.5. The van der Waals surface area contributed by atoms with Crippen LogP contribution in [0.5, 0.6) is 5.75 Å². The Kier molecular flexibility index (Phi) is 6.14. The minimum atomic E-state index is -1.96. The van der Waals surface area contributed by atoms with Gasteiger partial charge in [-0.25, -0.2) is 4.79 Å².